The minimum atomic E-state index is -0.0481. The highest BCUT2D eigenvalue weighted by Crippen LogP contribution is 2.33. The van der Waals surface area contributed by atoms with Crippen molar-refractivity contribution >= 4 is 28.5 Å². The molecule has 1 aromatic heterocycles. The highest BCUT2D eigenvalue weighted by atomic mass is 32.1. The molecule has 0 saturated heterocycles. The van der Waals surface area contributed by atoms with E-state index in [1.165, 1.54) is 36.2 Å². The van der Waals surface area contributed by atoms with Gasteiger partial charge in [0.05, 0.1) is 11.3 Å². The molecule has 1 heterocycles. The van der Waals surface area contributed by atoms with Crippen molar-refractivity contribution in [3.63, 3.8) is 0 Å². The van der Waals surface area contributed by atoms with Crippen molar-refractivity contribution < 1.29 is 4.79 Å². The van der Waals surface area contributed by atoms with Crippen molar-refractivity contribution in [3.8, 4) is 17.3 Å². The van der Waals surface area contributed by atoms with Crippen molar-refractivity contribution in [3.05, 3.63) is 40.2 Å². The Bertz CT molecular complexity index is 848. The first-order valence-corrected chi connectivity index (χ1v) is 9.95. The van der Waals surface area contributed by atoms with Gasteiger partial charge in [0.15, 0.2) is 0 Å². The van der Waals surface area contributed by atoms with Crippen LogP contribution in [0, 0.1) is 17.2 Å². The third-order valence-corrected chi connectivity index (χ3v) is 5.47. The zero-order chi connectivity index (χ0) is 18.5. The number of amides is 1. The number of nitrogens with zero attached hydrogens (tertiary/aromatic N) is 2. The van der Waals surface area contributed by atoms with E-state index in [-0.39, 0.29) is 11.8 Å². The molecule has 0 spiro atoms. The maximum Gasteiger partial charge on any atom is 0.226 e. The van der Waals surface area contributed by atoms with Crippen molar-refractivity contribution in [1.29, 1.82) is 5.26 Å². The van der Waals surface area contributed by atoms with E-state index in [4.69, 9.17) is 4.98 Å². The second-order valence-electron chi connectivity index (χ2n) is 6.91. The number of aromatic nitrogens is 1. The van der Waals surface area contributed by atoms with E-state index in [0.717, 1.165) is 40.4 Å². The molecule has 3 rings (SSSR count). The van der Waals surface area contributed by atoms with E-state index in [1.54, 1.807) is 0 Å². The van der Waals surface area contributed by atoms with Crippen molar-refractivity contribution in [2.75, 3.05) is 5.32 Å². The van der Waals surface area contributed by atoms with Crippen molar-refractivity contribution in [2.45, 2.75) is 46.0 Å². The second-order valence-corrected chi connectivity index (χ2v) is 7.77. The zero-order valence-electron chi connectivity index (χ0n) is 15.2. The first-order valence-electron chi connectivity index (χ1n) is 9.08. The monoisotopic (exact) mass is 365 g/mol. The number of thiazole rings is 1. The molecule has 1 aliphatic carbocycles. The fourth-order valence-corrected chi connectivity index (χ4v) is 3.91. The Kier molecular flexibility index (Phi) is 5.85. The summed E-state index contributed by atoms with van der Waals surface area (Å²) < 4.78 is 0. The molecule has 1 amide bonds. The molecule has 2 aromatic rings. The molecule has 0 unspecified atom stereocenters. The quantitative estimate of drug-likeness (QED) is 0.712. The van der Waals surface area contributed by atoms with E-state index >= 15 is 0 Å². The Morgan fingerprint density at radius 2 is 1.88 bits per heavy atom. The highest BCUT2D eigenvalue weighted by Gasteiger charge is 2.16. The van der Waals surface area contributed by atoms with Gasteiger partial charge in [-0.3, -0.25) is 4.79 Å². The Morgan fingerprint density at radius 3 is 2.50 bits per heavy atom. The number of allylic oxidation sites excluding steroid dienone is 2. The van der Waals surface area contributed by atoms with Crippen LogP contribution in [0.2, 0.25) is 0 Å². The van der Waals surface area contributed by atoms with E-state index < -0.39 is 0 Å². The Labute approximate surface area is 158 Å². The van der Waals surface area contributed by atoms with E-state index in [1.807, 2.05) is 43.5 Å². The molecule has 4 nitrogen and oxygen atoms in total. The highest BCUT2D eigenvalue weighted by molar-refractivity contribution is 7.11. The van der Waals surface area contributed by atoms with Gasteiger partial charge in [-0.15, -0.1) is 11.3 Å². The number of benzene rings is 1. The summed E-state index contributed by atoms with van der Waals surface area (Å²) in [5.41, 5.74) is 4.66. The molecular formula is C21H23N3OS. The molecule has 0 bridgehead atoms. The topological polar surface area (TPSA) is 65.8 Å². The van der Waals surface area contributed by atoms with Gasteiger partial charge in [-0.05, 0) is 43.4 Å². The summed E-state index contributed by atoms with van der Waals surface area (Å²) in [5, 5.41) is 15.3. The summed E-state index contributed by atoms with van der Waals surface area (Å²) in [6.45, 7) is 3.74. The Balaban J connectivity index is 1.79. The lowest BCUT2D eigenvalue weighted by molar-refractivity contribution is -0.118. The smallest absolute Gasteiger partial charge is 0.226 e. The van der Waals surface area contributed by atoms with Gasteiger partial charge in [-0.1, -0.05) is 32.4 Å². The predicted molar refractivity (Wildman–Crippen MR) is 107 cm³/mol. The van der Waals surface area contributed by atoms with Crippen molar-refractivity contribution in [1.82, 2.24) is 4.98 Å². The summed E-state index contributed by atoms with van der Waals surface area (Å²) in [7, 11) is 0. The van der Waals surface area contributed by atoms with Gasteiger partial charge in [0.2, 0.25) is 5.91 Å². The van der Waals surface area contributed by atoms with E-state index in [2.05, 4.69) is 11.4 Å². The van der Waals surface area contributed by atoms with Crippen LogP contribution in [0.5, 0.6) is 0 Å². The summed E-state index contributed by atoms with van der Waals surface area (Å²) >= 11 is 1.53. The van der Waals surface area contributed by atoms with Crippen LogP contribution < -0.4 is 5.32 Å². The average molecular weight is 366 g/mol. The van der Waals surface area contributed by atoms with Gasteiger partial charge >= 0.3 is 0 Å². The number of hydrogen-bond acceptors (Lipinski definition) is 4. The molecule has 1 saturated carbocycles. The van der Waals surface area contributed by atoms with Gasteiger partial charge in [-0.2, -0.15) is 5.26 Å². The first-order chi connectivity index (χ1) is 12.6. The van der Waals surface area contributed by atoms with Gasteiger partial charge in [0.1, 0.15) is 11.1 Å². The molecule has 0 aliphatic heterocycles. The van der Waals surface area contributed by atoms with E-state index in [9.17, 15) is 10.1 Å². The SMILES string of the molecule is CC(C)C(=O)Nc1ccc(-c2csc(C(C#N)=C3CCCCC3)n2)cc1. The third-order valence-electron chi connectivity index (χ3n) is 4.61. The molecule has 134 valence electrons. The molecule has 0 atom stereocenters. The fourth-order valence-electron chi connectivity index (χ4n) is 3.04. The second kappa shape index (κ2) is 8.29. The van der Waals surface area contributed by atoms with Crippen LogP contribution >= 0.6 is 11.3 Å². The number of hydrogen-bond donors (Lipinski definition) is 1. The lowest BCUT2D eigenvalue weighted by Gasteiger charge is -2.14. The number of anilines is 1. The van der Waals surface area contributed by atoms with Crippen LogP contribution in [-0.4, -0.2) is 10.9 Å². The van der Waals surface area contributed by atoms with Gasteiger partial charge in [0.25, 0.3) is 0 Å². The lowest BCUT2D eigenvalue weighted by atomic mass is 9.91. The fraction of sp³-hybridized carbons (Fsp3) is 0.381. The number of nitriles is 1. The number of rotatable bonds is 4. The Hall–Kier alpha value is -2.45. The van der Waals surface area contributed by atoms with E-state index in [0.29, 0.717) is 0 Å². The van der Waals surface area contributed by atoms with Crippen LogP contribution in [0.25, 0.3) is 16.8 Å². The first kappa shape index (κ1) is 18.3. The van der Waals surface area contributed by atoms with Gasteiger partial charge < -0.3 is 5.32 Å². The normalized spacial score (nSPS) is 14.2. The number of carbonyl (C=O) groups is 1. The van der Waals surface area contributed by atoms with Gasteiger partial charge in [0, 0.05) is 22.5 Å². The van der Waals surface area contributed by atoms with Gasteiger partial charge in [-0.25, -0.2) is 4.98 Å². The third kappa shape index (κ3) is 4.20. The number of nitrogens with one attached hydrogen (secondary N) is 1. The minimum Gasteiger partial charge on any atom is -0.326 e. The average Bonchev–Trinajstić information content (AvgIpc) is 3.13. The largest absolute Gasteiger partial charge is 0.326 e. The summed E-state index contributed by atoms with van der Waals surface area (Å²) in [6.07, 6.45) is 5.62. The molecule has 0 radical (unpaired) electrons. The van der Waals surface area contributed by atoms with Crippen LogP contribution in [-0.2, 0) is 4.79 Å². The molecule has 5 heteroatoms. The summed E-state index contributed by atoms with van der Waals surface area (Å²) in [5.74, 6) is -0.0422. The van der Waals surface area contributed by atoms with Crippen LogP contribution in [0.3, 0.4) is 0 Å². The van der Waals surface area contributed by atoms with Crippen LogP contribution in [0.15, 0.2) is 35.2 Å². The molecule has 26 heavy (non-hydrogen) atoms. The lowest BCUT2D eigenvalue weighted by Crippen LogP contribution is -2.17. The summed E-state index contributed by atoms with van der Waals surface area (Å²) in [4.78, 5) is 16.5. The molecule has 1 aromatic carbocycles. The molecule has 1 fully saturated rings. The maximum atomic E-state index is 11.8. The zero-order valence-corrected chi connectivity index (χ0v) is 16.0. The molecule has 1 N–H and O–H groups in total. The maximum absolute atomic E-state index is 11.8. The Morgan fingerprint density at radius 1 is 1.19 bits per heavy atom. The van der Waals surface area contributed by atoms with Crippen LogP contribution in [0.1, 0.15) is 51.0 Å². The minimum absolute atomic E-state index is 0.00598. The van der Waals surface area contributed by atoms with Crippen LogP contribution in [0.4, 0.5) is 5.69 Å². The molecular weight excluding hydrogens is 342 g/mol. The molecule has 1 aliphatic rings. The predicted octanol–water partition coefficient (Wildman–Crippen LogP) is 5.65. The number of carbonyl (C=O) groups excluding carboxylic acids is 1. The standard InChI is InChI=1S/C21H23N3OS/c1-14(2)20(25)23-17-10-8-16(9-11-17)19-13-26-21(24-19)18(12-22)15-6-4-3-5-7-15/h8-11,13-14H,3-7H2,1-2H3,(H,23,25). The van der Waals surface area contributed by atoms with Crippen molar-refractivity contribution in [2.24, 2.45) is 5.92 Å². The summed E-state index contributed by atoms with van der Waals surface area (Å²) in [6, 6.07) is 10.1.